The molecule has 1 heterocycles. The lowest BCUT2D eigenvalue weighted by Crippen LogP contribution is -2.23. The van der Waals surface area contributed by atoms with Crippen molar-refractivity contribution >= 4 is 46.5 Å². The van der Waals surface area contributed by atoms with E-state index >= 15 is 0 Å². The lowest BCUT2D eigenvalue weighted by atomic mass is 10.1. The Morgan fingerprint density at radius 1 is 0.914 bits per heavy atom. The third kappa shape index (κ3) is 5.50. The number of rotatable bonds is 5. The van der Waals surface area contributed by atoms with Gasteiger partial charge in [0.05, 0.1) is 12.2 Å². The van der Waals surface area contributed by atoms with Crippen LogP contribution in [0.4, 0.5) is 11.4 Å². The molecule has 0 radical (unpaired) electrons. The van der Waals surface area contributed by atoms with Crippen molar-refractivity contribution in [3.05, 3.63) is 118 Å². The van der Waals surface area contributed by atoms with Crippen LogP contribution in [0.3, 0.4) is 0 Å². The molecule has 1 amide bonds. The summed E-state index contributed by atoms with van der Waals surface area (Å²) in [5, 5.41) is 7.16. The average Bonchev–Trinajstić information content (AvgIpc) is 3.04. The molecular formula is C28H23ClN4OS. The van der Waals surface area contributed by atoms with E-state index in [4.69, 9.17) is 22.3 Å². The van der Waals surface area contributed by atoms with Gasteiger partial charge in [-0.2, -0.15) is 0 Å². The highest BCUT2D eigenvalue weighted by Gasteiger charge is 2.19. The third-order valence-electron chi connectivity index (χ3n) is 5.62. The van der Waals surface area contributed by atoms with Gasteiger partial charge in [0.2, 0.25) is 0 Å². The van der Waals surface area contributed by atoms with Crippen LogP contribution >= 0.6 is 23.4 Å². The number of carbonyl (C=O) groups excluding carboxylic acids is 1. The number of amides is 1. The summed E-state index contributed by atoms with van der Waals surface area (Å²) < 4.78 is 0. The van der Waals surface area contributed by atoms with Crippen molar-refractivity contribution in [3.8, 4) is 0 Å². The summed E-state index contributed by atoms with van der Waals surface area (Å²) in [4.78, 5) is 19.9. The fourth-order valence-corrected chi connectivity index (χ4v) is 4.87. The maximum atomic E-state index is 12.9. The Hall–Kier alpha value is -3.74. The number of hydrogen-bond acceptors (Lipinski definition) is 4. The molecule has 0 aliphatic carbocycles. The molecule has 0 aromatic heterocycles. The van der Waals surface area contributed by atoms with Crippen molar-refractivity contribution in [2.75, 3.05) is 11.1 Å². The molecule has 1 aliphatic rings. The highest BCUT2D eigenvalue weighted by molar-refractivity contribution is 7.99. The van der Waals surface area contributed by atoms with Crippen LogP contribution in [-0.2, 0) is 13.1 Å². The number of carbonyl (C=O) groups is 1. The molecule has 0 saturated carbocycles. The molecule has 4 N–H and O–H groups in total. The van der Waals surface area contributed by atoms with Gasteiger partial charge in [-0.05, 0) is 59.7 Å². The van der Waals surface area contributed by atoms with Crippen molar-refractivity contribution in [3.63, 3.8) is 0 Å². The van der Waals surface area contributed by atoms with Gasteiger partial charge in [-0.3, -0.25) is 9.79 Å². The standard InChI is InChI=1S/C28H23ClN4OS/c29-21-10-5-18(6-11-21)16-31-27-23-3-1-2-4-25(23)35-26-14-9-20(15-24(26)33-27)28(34)32-17-19-7-12-22(30)13-8-19/h1-15H,16-17,30H2,(H,31,33)(H,32,34). The average molecular weight is 499 g/mol. The molecule has 4 aromatic rings. The summed E-state index contributed by atoms with van der Waals surface area (Å²) in [5.74, 6) is 0.624. The molecule has 174 valence electrons. The minimum Gasteiger partial charge on any atom is -0.399 e. The number of fused-ring (bicyclic) bond motifs is 2. The monoisotopic (exact) mass is 498 g/mol. The second kappa shape index (κ2) is 10.3. The zero-order valence-corrected chi connectivity index (χ0v) is 20.4. The number of nitrogens with zero attached hydrogens (tertiary/aromatic N) is 1. The Bertz CT molecular complexity index is 1400. The number of benzene rings is 4. The van der Waals surface area contributed by atoms with Gasteiger partial charge in [-0.1, -0.05) is 65.8 Å². The van der Waals surface area contributed by atoms with E-state index in [1.165, 1.54) is 0 Å². The number of aliphatic imine (C=N–C) groups is 1. The normalized spacial score (nSPS) is 13.3. The predicted octanol–water partition coefficient (Wildman–Crippen LogP) is 6.38. The molecule has 0 saturated heterocycles. The Morgan fingerprint density at radius 3 is 2.46 bits per heavy atom. The van der Waals surface area contributed by atoms with Gasteiger partial charge < -0.3 is 16.4 Å². The maximum Gasteiger partial charge on any atom is 0.251 e. The van der Waals surface area contributed by atoms with Crippen LogP contribution in [0.5, 0.6) is 0 Å². The van der Waals surface area contributed by atoms with E-state index < -0.39 is 0 Å². The van der Waals surface area contributed by atoms with E-state index in [1.807, 2.05) is 78.9 Å². The highest BCUT2D eigenvalue weighted by Crippen LogP contribution is 2.39. The zero-order chi connectivity index (χ0) is 24.2. The molecule has 1 aliphatic heterocycles. The fraction of sp³-hybridized carbons (Fsp3) is 0.0714. The smallest absolute Gasteiger partial charge is 0.251 e. The van der Waals surface area contributed by atoms with E-state index in [9.17, 15) is 4.79 Å². The first kappa shape index (κ1) is 23.0. The first-order chi connectivity index (χ1) is 17.0. The summed E-state index contributed by atoms with van der Waals surface area (Å²) in [6, 6.07) is 29.0. The summed E-state index contributed by atoms with van der Waals surface area (Å²) >= 11 is 7.68. The summed E-state index contributed by atoms with van der Waals surface area (Å²) in [7, 11) is 0. The molecule has 0 bridgehead atoms. The van der Waals surface area contributed by atoms with Crippen molar-refractivity contribution in [2.45, 2.75) is 22.9 Å². The van der Waals surface area contributed by atoms with Crippen molar-refractivity contribution in [1.29, 1.82) is 0 Å². The quantitative estimate of drug-likeness (QED) is 0.279. The first-order valence-corrected chi connectivity index (χ1v) is 12.3. The van der Waals surface area contributed by atoms with E-state index in [2.05, 4.69) is 22.8 Å². The lowest BCUT2D eigenvalue weighted by Gasteiger charge is -2.12. The number of halogens is 1. The third-order valence-corrected chi connectivity index (χ3v) is 7.03. The SMILES string of the molecule is Nc1ccc(CNC(=O)c2ccc3c(c2)NC(=NCc2ccc(Cl)cc2)c2ccccc2S3)cc1. The van der Waals surface area contributed by atoms with Gasteiger partial charge in [-0.15, -0.1) is 0 Å². The minimum atomic E-state index is -0.141. The number of amidine groups is 1. The molecule has 0 atom stereocenters. The Morgan fingerprint density at radius 2 is 1.66 bits per heavy atom. The largest absolute Gasteiger partial charge is 0.399 e. The Balaban J connectivity index is 1.39. The van der Waals surface area contributed by atoms with Gasteiger partial charge in [0, 0.05) is 38.2 Å². The molecular weight excluding hydrogens is 476 g/mol. The van der Waals surface area contributed by atoms with E-state index in [-0.39, 0.29) is 5.91 Å². The van der Waals surface area contributed by atoms with Crippen LogP contribution in [0.1, 0.15) is 27.0 Å². The van der Waals surface area contributed by atoms with E-state index in [0.29, 0.717) is 29.4 Å². The molecule has 5 rings (SSSR count). The molecule has 0 spiro atoms. The zero-order valence-electron chi connectivity index (χ0n) is 18.8. The second-order valence-electron chi connectivity index (χ2n) is 8.15. The number of nitrogens with two attached hydrogens (primary N) is 1. The van der Waals surface area contributed by atoms with Gasteiger partial charge in [-0.25, -0.2) is 0 Å². The van der Waals surface area contributed by atoms with E-state index in [1.54, 1.807) is 11.8 Å². The first-order valence-electron chi connectivity index (χ1n) is 11.1. The Labute approximate surface area is 213 Å². The molecule has 4 aromatic carbocycles. The number of nitrogens with one attached hydrogen (secondary N) is 2. The summed E-state index contributed by atoms with van der Waals surface area (Å²) in [6.07, 6.45) is 0. The van der Waals surface area contributed by atoms with Crippen molar-refractivity contribution in [2.24, 2.45) is 4.99 Å². The van der Waals surface area contributed by atoms with Crippen molar-refractivity contribution < 1.29 is 4.79 Å². The van der Waals surface area contributed by atoms with Crippen LogP contribution in [0.15, 0.2) is 106 Å². The number of hydrogen-bond donors (Lipinski definition) is 3. The van der Waals surface area contributed by atoms with Crippen LogP contribution in [0.25, 0.3) is 0 Å². The van der Waals surface area contributed by atoms with Gasteiger partial charge in [0.15, 0.2) is 0 Å². The maximum absolute atomic E-state index is 12.9. The summed E-state index contributed by atoms with van der Waals surface area (Å²) in [5.41, 5.74) is 10.9. The molecule has 0 fully saturated rings. The predicted molar refractivity (Wildman–Crippen MR) is 144 cm³/mol. The van der Waals surface area contributed by atoms with Crippen LogP contribution < -0.4 is 16.4 Å². The van der Waals surface area contributed by atoms with Crippen molar-refractivity contribution in [1.82, 2.24) is 5.32 Å². The molecule has 0 unspecified atom stereocenters. The minimum absolute atomic E-state index is 0.141. The second-order valence-corrected chi connectivity index (χ2v) is 9.67. The van der Waals surface area contributed by atoms with Crippen LogP contribution in [0.2, 0.25) is 5.02 Å². The topological polar surface area (TPSA) is 79.5 Å². The lowest BCUT2D eigenvalue weighted by molar-refractivity contribution is 0.0951. The van der Waals surface area contributed by atoms with Gasteiger partial charge in [0.25, 0.3) is 5.91 Å². The fourth-order valence-electron chi connectivity index (χ4n) is 3.73. The molecule has 5 nitrogen and oxygen atoms in total. The highest BCUT2D eigenvalue weighted by atomic mass is 35.5. The summed E-state index contributed by atoms with van der Waals surface area (Å²) in [6.45, 7) is 0.938. The van der Waals surface area contributed by atoms with Gasteiger partial charge in [0.1, 0.15) is 5.84 Å². The molecule has 7 heteroatoms. The van der Waals surface area contributed by atoms with Gasteiger partial charge >= 0.3 is 0 Å². The number of anilines is 2. The van der Waals surface area contributed by atoms with Crippen LogP contribution in [0, 0.1) is 0 Å². The van der Waals surface area contributed by atoms with E-state index in [0.717, 1.165) is 38.0 Å². The Kier molecular flexibility index (Phi) is 6.75. The number of nitrogen functional groups attached to an aromatic ring is 1. The van der Waals surface area contributed by atoms with Crippen LogP contribution in [-0.4, -0.2) is 11.7 Å². The molecule has 35 heavy (non-hydrogen) atoms.